The van der Waals surface area contributed by atoms with Gasteiger partial charge in [0.05, 0.1) is 19.2 Å². The molecular weight excluding hydrogens is 663 g/mol. The van der Waals surface area contributed by atoms with Gasteiger partial charge in [-0.2, -0.15) is 0 Å². The standard InChI is InChI=1S/C49H45NSSi/c1-51(2,3)36-30-26-34(27-31-36)50(35-28-32-37(33-29-35)52(4,5)6)47-25-15-24-46-48(47)42-20-11-14-23-45(42)49(46)43-21-12-9-18-40(43)38-16-7-8-17-39(38)41-19-10-13-22-44(41)49/h7-33H,1-6H3. The molecule has 3 heteroatoms. The fraction of sp³-hybridized carbons (Fsp3) is 0.143. The van der Waals surface area contributed by atoms with Crippen LogP contribution in [0.5, 0.6) is 0 Å². The fourth-order valence-electron chi connectivity index (χ4n) is 8.80. The summed E-state index contributed by atoms with van der Waals surface area (Å²) in [5, 5.41) is 1.47. The quantitative estimate of drug-likeness (QED) is 0.161. The highest BCUT2D eigenvalue weighted by Crippen LogP contribution is 2.63. The lowest BCUT2D eigenvalue weighted by molar-refractivity contribution is 0.775. The first-order valence-electron chi connectivity index (χ1n) is 18.3. The molecule has 0 amide bonds. The van der Waals surface area contributed by atoms with Crippen LogP contribution in [0, 0.1) is 0 Å². The number of hydrogen-bond donors (Lipinski definition) is 0. The number of anilines is 3. The van der Waals surface area contributed by atoms with Crippen molar-refractivity contribution in [1.82, 2.24) is 0 Å². The van der Waals surface area contributed by atoms with Gasteiger partial charge in [0.25, 0.3) is 0 Å². The molecule has 0 fully saturated rings. The predicted molar refractivity (Wildman–Crippen MR) is 229 cm³/mol. The Bertz CT molecular complexity index is 2360. The molecule has 256 valence electrons. The molecule has 0 aromatic heterocycles. The molecule has 0 aliphatic heterocycles. The van der Waals surface area contributed by atoms with Crippen molar-refractivity contribution < 1.29 is 0 Å². The Morgan fingerprint density at radius 1 is 0.423 bits per heavy atom. The topological polar surface area (TPSA) is 3.24 Å². The Balaban J connectivity index is 1.38. The van der Waals surface area contributed by atoms with Crippen molar-refractivity contribution in [3.8, 4) is 33.4 Å². The molecule has 0 saturated carbocycles. The van der Waals surface area contributed by atoms with E-state index in [1.54, 1.807) is 0 Å². The summed E-state index contributed by atoms with van der Waals surface area (Å²) in [7, 11) is -2.35. The summed E-state index contributed by atoms with van der Waals surface area (Å²) in [5.74, 6) is 0. The zero-order valence-electron chi connectivity index (χ0n) is 30.9. The lowest BCUT2D eigenvalue weighted by Crippen LogP contribution is -2.37. The molecule has 0 heterocycles. The van der Waals surface area contributed by atoms with Crippen LogP contribution in [0.25, 0.3) is 33.4 Å². The van der Waals surface area contributed by atoms with Crippen molar-refractivity contribution in [2.24, 2.45) is 0 Å². The van der Waals surface area contributed by atoms with E-state index in [1.165, 1.54) is 82.8 Å². The smallest absolute Gasteiger partial charge is 0.0775 e. The van der Waals surface area contributed by atoms with Gasteiger partial charge in [-0.1, -0.05) is 146 Å². The number of fused-ring (bicyclic) bond motifs is 12. The minimum absolute atomic E-state index is 0.513. The van der Waals surface area contributed by atoms with Crippen molar-refractivity contribution >= 4 is 40.4 Å². The Labute approximate surface area is 312 Å². The summed E-state index contributed by atoms with van der Waals surface area (Å²) < 4.78 is 0. The Kier molecular flexibility index (Phi) is 7.55. The largest absolute Gasteiger partial charge is 0.310 e. The molecule has 7 aromatic rings. The third-order valence-corrected chi connectivity index (χ3v) is 15.0. The maximum Gasteiger partial charge on any atom is 0.0775 e. The van der Waals surface area contributed by atoms with Crippen LogP contribution in [0.3, 0.4) is 0 Å². The van der Waals surface area contributed by atoms with E-state index in [2.05, 4.69) is 207 Å². The van der Waals surface area contributed by atoms with Crippen molar-refractivity contribution in [2.75, 3.05) is 23.7 Å². The van der Waals surface area contributed by atoms with Gasteiger partial charge in [-0.3, -0.25) is 0 Å². The average Bonchev–Trinajstić information content (AvgIpc) is 3.40. The highest BCUT2D eigenvalue weighted by Gasteiger charge is 2.50. The number of benzene rings is 7. The van der Waals surface area contributed by atoms with E-state index >= 15 is 0 Å². The van der Waals surface area contributed by atoms with Crippen LogP contribution >= 0.6 is 10.0 Å². The summed E-state index contributed by atoms with van der Waals surface area (Å²) in [6.07, 6.45) is 7.11. The normalized spacial score (nSPS) is 14.0. The number of rotatable bonds is 5. The monoisotopic (exact) mass is 707 g/mol. The van der Waals surface area contributed by atoms with E-state index in [0.29, 0.717) is 0 Å². The summed E-state index contributed by atoms with van der Waals surface area (Å²) in [5.41, 5.74) is 16.1. The van der Waals surface area contributed by atoms with Crippen molar-refractivity contribution in [1.29, 1.82) is 0 Å². The molecule has 2 aliphatic carbocycles. The van der Waals surface area contributed by atoms with Crippen molar-refractivity contribution in [3.05, 3.63) is 186 Å². The molecule has 1 spiro atoms. The molecular formula is C49H45NSSi. The molecule has 9 rings (SSSR count). The zero-order valence-corrected chi connectivity index (χ0v) is 32.8. The van der Waals surface area contributed by atoms with Crippen LogP contribution in [0.4, 0.5) is 17.1 Å². The van der Waals surface area contributed by atoms with Gasteiger partial charge in [-0.25, -0.2) is 10.0 Å². The highest BCUT2D eigenvalue weighted by atomic mass is 32.3. The first kappa shape index (κ1) is 32.8. The molecule has 0 radical (unpaired) electrons. The fourth-order valence-corrected chi connectivity index (χ4v) is 10.9. The molecule has 0 atom stereocenters. The van der Waals surface area contributed by atoms with Gasteiger partial charge in [-0.15, -0.1) is 0 Å². The second-order valence-electron chi connectivity index (χ2n) is 16.1. The Hall–Kier alpha value is -5.09. The number of nitrogens with zero attached hydrogens (tertiary/aromatic N) is 1. The van der Waals surface area contributed by atoms with Crippen molar-refractivity contribution in [3.63, 3.8) is 0 Å². The van der Waals surface area contributed by atoms with Gasteiger partial charge >= 0.3 is 0 Å². The first-order chi connectivity index (χ1) is 25.1. The third-order valence-electron chi connectivity index (χ3n) is 11.3. The van der Waals surface area contributed by atoms with Crippen LogP contribution in [0.15, 0.2) is 169 Å². The van der Waals surface area contributed by atoms with E-state index in [0.717, 1.165) is 0 Å². The number of hydrogen-bond acceptors (Lipinski definition) is 1. The SMILES string of the molecule is C[Si](C)(C)c1ccc(N(c2ccc(S(C)(C)C)cc2)c2cccc3c2-c2ccccc2C32c3ccccc3-c3ccccc3-c3ccccc32)cc1. The zero-order chi connectivity index (χ0) is 35.8. The van der Waals surface area contributed by atoms with E-state index in [1.807, 2.05) is 0 Å². The van der Waals surface area contributed by atoms with Gasteiger partial charge in [0, 0.05) is 16.9 Å². The second-order valence-corrected chi connectivity index (χ2v) is 25.3. The highest BCUT2D eigenvalue weighted by molar-refractivity contribution is 8.32. The van der Waals surface area contributed by atoms with Gasteiger partial charge < -0.3 is 4.90 Å². The maximum absolute atomic E-state index is 2.51. The summed E-state index contributed by atoms with van der Waals surface area (Å²) in [4.78, 5) is 3.92. The second kappa shape index (κ2) is 12.0. The molecule has 0 unspecified atom stereocenters. The van der Waals surface area contributed by atoms with Gasteiger partial charge in [0.15, 0.2) is 0 Å². The Morgan fingerprint density at radius 2 is 0.846 bits per heavy atom. The molecule has 0 N–H and O–H groups in total. The van der Waals surface area contributed by atoms with Gasteiger partial charge in [0.1, 0.15) is 0 Å². The van der Waals surface area contributed by atoms with E-state index in [9.17, 15) is 0 Å². The third kappa shape index (κ3) is 4.90. The van der Waals surface area contributed by atoms with Crippen molar-refractivity contribution in [2.45, 2.75) is 30.0 Å². The van der Waals surface area contributed by atoms with Gasteiger partial charge in [-0.05, 0) is 116 Å². The summed E-state index contributed by atoms with van der Waals surface area (Å²) in [6, 6.07) is 62.3. The molecule has 0 bridgehead atoms. The van der Waals surface area contributed by atoms with Crippen LogP contribution in [0.1, 0.15) is 22.3 Å². The lowest BCUT2D eigenvalue weighted by atomic mass is 9.66. The van der Waals surface area contributed by atoms with Crippen LogP contribution in [-0.4, -0.2) is 26.8 Å². The lowest BCUT2D eigenvalue weighted by Gasteiger charge is -2.36. The summed E-state index contributed by atoms with van der Waals surface area (Å²) >= 11 is 0. The van der Waals surface area contributed by atoms with Gasteiger partial charge in [0.2, 0.25) is 0 Å². The Morgan fingerprint density at radius 3 is 1.35 bits per heavy atom. The average molecular weight is 708 g/mol. The van der Waals surface area contributed by atoms with E-state index in [-0.39, 0.29) is 0 Å². The molecule has 2 aliphatic rings. The van der Waals surface area contributed by atoms with Crippen LogP contribution in [0.2, 0.25) is 19.6 Å². The molecule has 52 heavy (non-hydrogen) atoms. The summed E-state index contributed by atoms with van der Waals surface area (Å²) in [6.45, 7) is 7.28. The predicted octanol–water partition coefficient (Wildman–Crippen LogP) is 12.8. The van der Waals surface area contributed by atoms with Crippen LogP contribution in [-0.2, 0) is 5.41 Å². The maximum atomic E-state index is 2.51. The van der Waals surface area contributed by atoms with Crippen LogP contribution < -0.4 is 10.1 Å². The molecule has 1 nitrogen and oxygen atoms in total. The minimum atomic E-state index is -1.48. The van der Waals surface area contributed by atoms with E-state index < -0.39 is 23.5 Å². The molecule has 7 aromatic carbocycles. The minimum Gasteiger partial charge on any atom is -0.310 e. The molecule has 0 saturated heterocycles. The van der Waals surface area contributed by atoms with E-state index in [4.69, 9.17) is 0 Å². The first-order valence-corrected chi connectivity index (χ1v) is 24.7.